The zero-order chi connectivity index (χ0) is 31.3. The number of ether oxygens (including phenoxy) is 1. The molecule has 6 aromatic carbocycles. The van der Waals surface area contributed by atoms with Crippen molar-refractivity contribution in [2.45, 2.75) is 47.0 Å². The molecule has 2 heteroatoms. The lowest BCUT2D eigenvalue weighted by molar-refractivity contribution is 0.438. The van der Waals surface area contributed by atoms with E-state index in [0.29, 0.717) is 0 Å². The molecular weight excluding hydrogens is 543 g/mol. The fourth-order valence-electron chi connectivity index (χ4n) is 8.23. The number of benzene rings is 6. The lowest BCUT2D eigenvalue weighted by Gasteiger charge is -2.42. The Morgan fingerprint density at radius 3 is 1.42 bits per heavy atom. The number of aryl methyl sites for hydroxylation is 6. The second kappa shape index (κ2) is 11.3. The van der Waals surface area contributed by atoms with Crippen LogP contribution in [0.3, 0.4) is 0 Å². The van der Waals surface area contributed by atoms with Gasteiger partial charge in [0.2, 0.25) is 6.71 Å². The summed E-state index contributed by atoms with van der Waals surface area (Å²) < 4.78 is 7.14. The highest BCUT2D eigenvalue weighted by molar-refractivity contribution is 6.97. The minimum atomic E-state index is -0.554. The first-order chi connectivity index (χ1) is 21.8. The van der Waals surface area contributed by atoms with Crippen molar-refractivity contribution in [3.8, 4) is 11.5 Å². The maximum Gasteiger partial charge on any atom is 0.247 e. The molecule has 0 spiro atoms. The molecule has 0 aliphatic carbocycles. The van der Waals surface area contributed by atoms with Crippen LogP contribution in [0.25, 0.3) is 0 Å². The summed E-state index contributed by atoms with van der Waals surface area (Å²) in [5, 5.41) is 0. The molecule has 0 saturated heterocycles. The first kappa shape index (κ1) is 28.9. The van der Waals surface area contributed by atoms with Gasteiger partial charge in [0.25, 0.3) is 0 Å². The van der Waals surface area contributed by atoms with Gasteiger partial charge in [-0.05, 0) is 64.2 Å². The number of fused-ring (bicyclic) bond motifs is 2. The van der Waals surface area contributed by atoms with Crippen molar-refractivity contribution in [1.29, 1.82) is 0 Å². The average molecular weight is 583 g/mol. The van der Waals surface area contributed by atoms with E-state index >= 15 is 0 Å². The van der Waals surface area contributed by atoms with Gasteiger partial charge in [0, 0.05) is 11.1 Å². The highest BCUT2D eigenvalue weighted by Gasteiger charge is 2.47. The van der Waals surface area contributed by atoms with Gasteiger partial charge < -0.3 is 4.74 Å². The third kappa shape index (κ3) is 4.63. The van der Waals surface area contributed by atoms with Gasteiger partial charge >= 0.3 is 0 Å². The second-order valence-electron chi connectivity index (χ2n) is 12.9. The van der Waals surface area contributed by atoms with Crippen LogP contribution in [0, 0.1) is 41.5 Å². The maximum atomic E-state index is 7.14. The number of rotatable bonds is 5. The van der Waals surface area contributed by atoms with Crippen LogP contribution in [0.5, 0.6) is 11.5 Å². The van der Waals surface area contributed by atoms with Crippen molar-refractivity contribution in [2.75, 3.05) is 0 Å². The summed E-state index contributed by atoms with van der Waals surface area (Å²) in [6.45, 7) is 13.5. The van der Waals surface area contributed by atoms with Gasteiger partial charge in [-0.15, -0.1) is 0 Å². The van der Waals surface area contributed by atoms with Crippen LogP contribution in [0.1, 0.15) is 55.6 Å². The molecule has 1 aliphatic rings. The topological polar surface area (TPSA) is 9.23 Å². The molecule has 45 heavy (non-hydrogen) atoms. The van der Waals surface area contributed by atoms with Crippen molar-refractivity contribution < 1.29 is 4.74 Å². The van der Waals surface area contributed by atoms with Crippen molar-refractivity contribution >= 4 is 23.1 Å². The zero-order valence-electron chi connectivity index (χ0n) is 27.1. The predicted octanol–water partition coefficient (Wildman–Crippen LogP) is 8.54. The summed E-state index contributed by atoms with van der Waals surface area (Å²) in [5.74, 6) is 1.85. The van der Waals surface area contributed by atoms with Crippen LogP contribution >= 0.6 is 0 Å². The summed E-state index contributed by atoms with van der Waals surface area (Å²) >= 11 is 0. The summed E-state index contributed by atoms with van der Waals surface area (Å²) in [7, 11) is 0. The van der Waals surface area contributed by atoms with Crippen molar-refractivity contribution in [2.24, 2.45) is 0 Å². The molecule has 0 fully saturated rings. The van der Waals surface area contributed by atoms with Crippen LogP contribution < -0.4 is 21.1 Å². The van der Waals surface area contributed by atoms with Gasteiger partial charge in [-0.2, -0.15) is 0 Å². The quantitative estimate of drug-likeness (QED) is 0.185. The Hall–Kier alpha value is -4.82. The summed E-state index contributed by atoms with van der Waals surface area (Å²) in [6, 6.07) is 46.7. The minimum absolute atomic E-state index is 0.00402. The number of hydrogen-bond acceptors (Lipinski definition) is 1. The van der Waals surface area contributed by atoms with E-state index in [-0.39, 0.29) is 6.71 Å². The molecule has 0 saturated carbocycles. The standard InChI is InChI=1S/C43H39BO/c1-28-24-30(3)40(31(4)25-28)44(41-32(5)26-29(2)27-33(41)6)38-22-15-21-37-42(38)45-39-23-14-13-20-36(39)43(37,34-16-9-7-10-17-34)35-18-11-8-12-19-35/h7-27H,1-6H3. The number of para-hydroxylation sites is 2. The normalized spacial score (nSPS) is 13.0. The van der Waals surface area contributed by atoms with Crippen LogP contribution in [-0.2, 0) is 5.41 Å². The average Bonchev–Trinajstić information content (AvgIpc) is 3.02. The molecule has 0 unspecified atom stereocenters. The van der Waals surface area contributed by atoms with E-state index in [9.17, 15) is 0 Å². The molecule has 0 atom stereocenters. The van der Waals surface area contributed by atoms with E-state index < -0.39 is 5.41 Å². The second-order valence-corrected chi connectivity index (χ2v) is 12.9. The van der Waals surface area contributed by atoms with E-state index in [1.54, 1.807) is 0 Å². The molecule has 1 nitrogen and oxygen atoms in total. The predicted molar refractivity (Wildman–Crippen MR) is 191 cm³/mol. The highest BCUT2D eigenvalue weighted by Crippen LogP contribution is 2.54. The van der Waals surface area contributed by atoms with E-state index in [4.69, 9.17) is 4.74 Å². The molecular formula is C43H39BO. The first-order valence-corrected chi connectivity index (χ1v) is 16.0. The summed E-state index contributed by atoms with van der Waals surface area (Å²) in [4.78, 5) is 0. The lowest BCUT2D eigenvalue weighted by Crippen LogP contribution is -2.56. The van der Waals surface area contributed by atoms with Gasteiger partial charge in [0.1, 0.15) is 11.5 Å². The third-order valence-electron chi connectivity index (χ3n) is 9.73. The van der Waals surface area contributed by atoms with Crippen LogP contribution in [0.2, 0.25) is 0 Å². The van der Waals surface area contributed by atoms with E-state index in [2.05, 4.69) is 169 Å². The smallest absolute Gasteiger partial charge is 0.247 e. The van der Waals surface area contributed by atoms with Crippen molar-refractivity contribution in [3.63, 3.8) is 0 Å². The molecule has 1 aliphatic heterocycles. The van der Waals surface area contributed by atoms with Gasteiger partial charge in [-0.1, -0.05) is 166 Å². The molecule has 220 valence electrons. The Bertz CT molecular complexity index is 1900. The molecule has 6 aromatic rings. The Kier molecular flexibility index (Phi) is 7.25. The van der Waals surface area contributed by atoms with Gasteiger partial charge in [0.15, 0.2) is 0 Å². The molecule has 0 bridgehead atoms. The van der Waals surface area contributed by atoms with Gasteiger partial charge in [-0.3, -0.25) is 0 Å². The van der Waals surface area contributed by atoms with Crippen LogP contribution in [-0.4, -0.2) is 6.71 Å². The molecule has 0 amide bonds. The molecule has 7 rings (SSSR count). The Balaban J connectivity index is 1.63. The zero-order valence-corrected chi connectivity index (χ0v) is 27.1. The summed E-state index contributed by atoms with van der Waals surface area (Å²) in [5.41, 5.74) is 16.0. The van der Waals surface area contributed by atoms with E-state index in [1.807, 2.05) is 0 Å². The molecule has 0 aromatic heterocycles. The minimum Gasteiger partial charge on any atom is -0.457 e. The van der Waals surface area contributed by atoms with Gasteiger partial charge in [-0.25, -0.2) is 0 Å². The lowest BCUT2D eigenvalue weighted by atomic mass is 9.33. The summed E-state index contributed by atoms with van der Waals surface area (Å²) in [6.07, 6.45) is 0. The molecule has 0 N–H and O–H groups in total. The largest absolute Gasteiger partial charge is 0.457 e. The van der Waals surface area contributed by atoms with Crippen molar-refractivity contribution in [3.05, 3.63) is 183 Å². The first-order valence-electron chi connectivity index (χ1n) is 16.0. The fourth-order valence-corrected chi connectivity index (χ4v) is 8.23. The third-order valence-corrected chi connectivity index (χ3v) is 9.73. The Labute approximate surface area is 268 Å². The number of hydrogen-bond donors (Lipinski definition) is 0. The Morgan fingerprint density at radius 1 is 0.467 bits per heavy atom. The van der Waals surface area contributed by atoms with Crippen LogP contribution in [0.4, 0.5) is 0 Å². The monoisotopic (exact) mass is 582 g/mol. The molecule has 1 heterocycles. The Morgan fingerprint density at radius 2 is 0.911 bits per heavy atom. The van der Waals surface area contributed by atoms with E-state index in [1.165, 1.54) is 66.5 Å². The van der Waals surface area contributed by atoms with Crippen molar-refractivity contribution in [1.82, 2.24) is 0 Å². The van der Waals surface area contributed by atoms with Crippen LogP contribution in [0.15, 0.2) is 127 Å². The maximum absolute atomic E-state index is 7.14. The molecule has 0 radical (unpaired) electrons. The SMILES string of the molecule is Cc1cc(C)c(B(c2cccc3c2Oc2ccccc2C3(c2ccccc2)c2ccccc2)c2c(C)cc(C)cc2C)c(C)c1. The van der Waals surface area contributed by atoms with E-state index in [0.717, 1.165) is 17.1 Å². The fraction of sp³-hybridized carbons (Fsp3) is 0.163. The highest BCUT2D eigenvalue weighted by atomic mass is 16.5. The van der Waals surface area contributed by atoms with Gasteiger partial charge in [0.05, 0.1) is 5.41 Å².